The van der Waals surface area contributed by atoms with Gasteiger partial charge in [-0.3, -0.25) is 9.59 Å². The molecule has 3 nitrogen and oxygen atoms in total. The van der Waals surface area contributed by atoms with Crippen LogP contribution < -0.4 is 0 Å². The number of carboxylic acids is 1. The zero-order valence-electron chi connectivity index (χ0n) is 8.62. The van der Waals surface area contributed by atoms with Crippen LogP contribution >= 0.6 is 11.8 Å². The molecule has 0 aromatic heterocycles. The van der Waals surface area contributed by atoms with Crippen molar-refractivity contribution in [1.29, 1.82) is 0 Å². The van der Waals surface area contributed by atoms with E-state index in [9.17, 15) is 9.59 Å². The van der Waals surface area contributed by atoms with Gasteiger partial charge in [0, 0.05) is 12.2 Å². The maximum absolute atomic E-state index is 11.2. The van der Waals surface area contributed by atoms with Crippen LogP contribution in [-0.2, 0) is 9.59 Å². The summed E-state index contributed by atoms with van der Waals surface area (Å²) in [5.41, 5.74) is 0. The highest BCUT2D eigenvalue weighted by Crippen LogP contribution is 2.11. The second-order valence-corrected chi connectivity index (χ2v) is 4.33. The summed E-state index contributed by atoms with van der Waals surface area (Å²) >= 11 is 1.14. The van der Waals surface area contributed by atoms with Crippen molar-refractivity contribution in [3.8, 4) is 0 Å². The lowest BCUT2D eigenvalue weighted by Gasteiger charge is -1.99. The summed E-state index contributed by atoms with van der Waals surface area (Å²) in [6, 6.07) is 0. The van der Waals surface area contributed by atoms with Gasteiger partial charge in [0.25, 0.3) is 0 Å². The van der Waals surface area contributed by atoms with E-state index >= 15 is 0 Å². The van der Waals surface area contributed by atoms with E-state index < -0.39 is 5.97 Å². The number of thioether (sulfide) groups is 1. The number of carbonyl (C=O) groups excluding carboxylic acids is 1. The van der Waals surface area contributed by atoms with Gasteiger partial charge in [-0.05, 0) is 6.42 Å². The van der Waals surface area contributed by atoms with E-state index in [1.807, 2.05) is 0 Å². The van der Waals surface area contributed by atoms with Crippen molar-refractivity contribution in [3.05, 3.63) is 0 Å². The molecular weight excluding hydrogens is 200 g/mol. The highest BCUT2D eigenvalue weighted by molar-refractivity contribution is 8.13. The van der Waals surface area contributed by atoms with E-state index in [4.69, 9.17) is 5.11 Å². The van der Waals surface area contributed by atoms with Crippen molar-refractivity contribution in [2.45, 2.75) is 45.4 Å². The van der Waals surface area contributed by atoms with Gasteiger partial charge in [0.05, 0.1) is 6.42 Å². The predicted octanol–water partition coefficient (Wildman–Crippen LogP) is 2.69. The van der Waals surface area contributed by atoms with Crippen molar-refractivity contribution in [3.63, 3.8) is 0 Å². The lowest BCUT2D eigenvalue weighted by molar-refractivity contribution is -0.136. The second-order valence-electron chi connectivity index (χ2n) is 3.17. The minimum Gasteiger partial charge on any atom is -0.481 e. The van der Waals surface area contributed by atoms with Crippen LogP contribution in [0.3, 0.4) is 0 Å². The fourth-order valence-electron chi connectivity index (χ4n) is 1.02. The van der Waals surface area contributed by atoms with Gasteiger partial charge < -0.3 is 5.11 Å². The monoisotopic (exact) mass is 218 g/mol. The Balaban J connectivity index is 3.24. The molecule has 14 heavy (non-hydrogen) atoms. The normalized spacial score (nSPS) is 10.1. The van der Waals surface area contributed by atoms with Crippen LogP contribution in [0.2, 0.25) is 0 Å². The van der Waals surface area contributed by atoms with Crippen molar-refractivity contribution >= 4 is 22.8 Å². The molecule has 0 aromatic rings. The molecule has 0 rings (SSSR count). The van der Waals surface area contributed by atoms with Crippen LogP contribution in [0, 0.1) is 0 Å². The highest BCUT2D eigenvalue weighted by Gasteiger charge is 2.04. The number of aliphatic carboxylic acids is 1. The van der Waals surface area contributed by atoms with E-state index in [1.165, 1.54) is 12.8 Å². The molecule has 0 amide bonds. The van der Waals surface area contributed by atoms with Crippen molar-refractivity contribution in [2.75, 3.05) is 5.75 Å². The Morgan fingerprint density at radius 2 is 1.86 bits per heavy atom. The zero-order valence-corrected chi connectivity index (χ0v) is 9.44. The molecule has 0 spiro atoms. The Hall–Kier alpha value is -0.510. The number of rotatable bonds is 8. The number of carbonyl (C=O) groups is 2. The van der Waals surface area contributed by atoms with Crippen molar-refractivity contribution < 1.29 is 14.7 Å². The van der Waals surface area contributed by atoms with E-state index in [2.05, 4.69) is 6.92 Å². The largest absolute Gasteiger partial charge is 0.481 e. The molecule has 0 unspecified atom stereocenters. The smallest absolute Gasteiger partial charge is 0.304 e. The summed E-state index contributed by atoms with van der Waals surface area (Å²) in [5, 5.41) is 8.47. The molecule has 4 heteroatoms. The van der Waals surface area contributed by atoms with Gasteiger partial charge in [-0.15, -0.1) is 0 Å². The summed E-state index contributed by atoms with van der Waals surface area (Å²) in [4.78, 5) is 21.3. The summed E-state index contributed by atoms with van der Waals surface area (Å²) < 4.78 is 0. The molecule has 0 fully saturated rings. The molecule has 0 aliphatic rings. The number of hydrogen-bond donors (Lipinski definition) is 1. The summed E-state index contributed by atoms with van der Waals surface area (Å²) in [6.07, 6.45) is 5.04. The molecule has 1 N–H and O–H groups in total. The van der Waals surface area contributed by atoms with Crippen LogP contribution in [0.15, 0.2) is 0 Å². The molecule has 0 saturated carbocycles. The van der Waals surface area contributed by atoms with Crippen molar-refractivity contribution in [2.24, 2.45) is 0 Å². The SMILES string of the molecule is CCCCCCC(=O)SCCC(=O)O. The second kappa shape index (κ2) is 9.06. The quantitative estimate of drug-likeness (QED) is 0.636. The summed E-state index contributed by atoms with van der Waals surface area (Å²) in [7, 11) is 0. The molecule has 0 saturated heterocycles. The Bertz CT molecular complexity index is 180. The average molecular weight is 218 g/mol. The van der Waals surface area contributed by atoms with E-state index in [0.717, 1.165) is 24.6 Å². The molecule has 0 aromatic carbocycles. The minimum absolute atomic E-state index is 0.0748. The van der Waals surface area contributed by atoms with Gasteiger partial charge in [-0.25, -0.2) is 0 Å². The number of unbranched alkanes of at least 4 members (excludes halogenated alkanes) is 3. The van der Waals surface area contributed by atoms with Gasteiger partial charge >= 0.3 is 5.97 Å². The van der Waals surface area contributed by atoms with Gasteiger partial charge in [0.1, 0.15) is 0 Å². The van der Waals surface area contributed by atoms with Crippen LogP contribution in [0.25, 0.3) is 0 Å². The topological polar surface area (TPSA) is 54.4 Å². The Morgan fingerprint density at radius 3 is 2.43 bits per heavy atom. The summed E-state index contributed by atoms with van der Waals surface area (Å²) in [5.74, 6) is -0.432. The number of hydrogen-bond acceptors (Lipinski definition) is 3. The van der Waals surface area contributed by atoms with Crippen molar-refractivity contribution in [1.82, 2.24) is 0 Å². The van der Waals surface area contributed by atoms with E-state index in [1.54, 1.807) is 0 Å². The van der Waals surface area contributed by atoms with Crippen LogP contribution in [-0.4, -0.2) is 21.9 Å². The summed E-state index contributed by atoms with van der Waals surface area (Å²) in [6.45, 7) is 2.13. The minimum atomic E-state index is -0.837. The van der Waals surface area contributed by atoms with Gasteiger partial charge in [-0.1, -0.05) is 37.9 Å². The highest BCUT2D eigenvalue weighted by atomic mass is 32.2. The van der Waals surface area contributed by atoms with E-state index in [0.29, 0.717) is 12.2 Å². The molecule has 0 heterocycles. The molecular formula is C10H18O3S. The van der Waals surface area contributed by atoms with E-state index in [-0.39, 0.29) is 11.5 Å². The van der Waals surface area contributed by atoms with Gasteiger partial charge in [0.2, 0.25) is 0 Å². The fourth-order valence-corrected chi connectivity index (χ4v) is 1.81. The first-order chi connectivity index (χ1) is 6.66. The standard InChI is InChI=1S/C10H18O3S/c1-2-3-4-5-6-10(13)14-8-7-9(11)12/h2-8H2,1H3,(H,11,12). The first-order valence-electron chi connectivity index (χ1n) is 5.04. The Morgan fingerprint density at radius 1 is 1.14 bits per heavy atom. The predicted molar refractivity (Wildman–Crippen MR) is 58.5 cm³/mol. The molecule has 0 radical (unpaired) electrons. The average Bonchev–Trinajstić information content (AvgIpc) is 2.12. The van der Waals surface area contributed by atoms with Crippen LogP contribution in [0.4, 0.5) is 0 Å². The van der Waals surface area contributed by atoms with Gasteiger partial charge in [0.15, 0.2) is 5.12 Å². The molecule has 0 aliphatic carbocycles. The van der Waals surface area contributed by atoms with Gasteiger partial charge in [-0.2, -0.15) is 0 Å². The lowest BCUT2D eigenvalue weighted by Crippen LogP contribution is -1.99. The number of carboxylic acid groups (broad SMARTS) is 1. The third-order valence-corrected chi connectivity index (χ3v) is 2.75. The Kier molecular flexibility index (Phi) is 8.73. The molecule has 0 aliphatic heterocycles. The third kappa shape index (κ3) is 9.58. The maximum Gasteiger partial charge on any atom is 0.304 e. The third-order valence-electron chi connectivity index (χ3n) is 1.81. The fraction of sp³-hybridized carbons (Fsp3) is 0.800. The molecule has 0 bridgehead atoms. The molecule has 82 valence electrons. The van der Waals surface area contributed by atoms with Crippen LogP contribution in [0.5, 0.6) is 0 Å². The lowest BCUT2D eigenvalue weighted by atomic mass is 10.2. The van der Waals surface area contributed by atoms with Crippen LogP contribution in [0.1, 0.15) is 45.4 Å². The zero-order chi connectivity index (χ0) is 10.8. The maximum atomic E-state index is 11.2. The molecule has 0 atom stereocenters. The Labute approximate surface area is 89.3 Å². The first kappa shape index (κ1) is 13.5. The first-order valence-corrected chi connectivity index (χ1v) is 6.02.